The van der Waals surface area contributed by atoms with Gasteiger partial charge in [0.15, 0.2) is 12.4 Å². The van der Waals surface area contributed by atoms with Crippen molar-refractivity contribution in [3.05, 3.63) is 64.3 Å². The van der Waals surface area contributed by atoms with E-state index < -0.39 is 48.2 Å². The molecule has 0 aliphatic carbocycles. The van der Waals surface area contributed by atoms with E-state index in [0.29, 0.717) is 40.7 Å². The summed E-state index contributed by atoms with van der Waals surface area (Å²) in [5.74, 6) is -2.44. The quantitative estimate of drug-likeness (QED) is 0.193. The molecule has 248 valence electrons. The lowest BCUT2D eigenvalue weighted by atomic mass is 9.95. The number of benzene rings is 2. The number of aromatic nitrogens is 1. The van der Waals surface area contributed by atoms with Crippen LogP contribution >= 0.6 is 0 Å². The van der Waals surface area contributed by atoms with Crippen LogP contribution in [0, 0.1) is 37.0 Å². The van der Waals surface area contributed by atoms with Gasteiger partial charge in [0.1, 0.15) is 17.5 Å². The molecule has 12 nitrogen and oxygen atoms in total. The van der Waals surface area contributed by atoms with E-state index in [1.807, 2.05) is 19.9 Å². The average molecular weight is 644 g/mol. The molecule has 12 heteroatoms. The van der Waals surface area contributed by atoms with Crippen LogP contribution in [0.5, 0.6) is 5.75 Å². The van der Waals surface area contributed by atoms with Crippen LogP contribution in [0.4, 0.5) is 0 Å². The van der Waals surface area contributed by atoms with Crippen LogP contribution < -0.4 is 20.7 Å². The van der Waals surface area contributed by atoms with Crippen molar-refractivity contribution in [1.29, 1.82) is 5.26 Å². The Bertz CT molecular complexity index is 1700. The predicted molar refractivity (Wildman–Crippen MR) is 174 cm³/mol. The topological polar surface area (TPSA) is 179 Å². The first kappa shape index (κ1) is 34.7. The van der Waals surface area contributed by atoms with Gasteiger partial charge in [-0.25, -0.2) is 0 Å². The number of rotatable bonds is 14. The largest absolute Gasteiger partial charge is 0.496 e. The molecular formula is C35H41N5O7. The first-order chi connectivity index (χ1) is 22.4. The number of carbonyl (C=O) groups is 5. The Kier molecular flexibility index (Phi) is 11.4. The Morgan fingerprint density at radius 2 is 1.79 bits per heavy atom. The number of esters is 1. The number of hydrogen-bond acceptors (Lipinski definition) is 8. The lowest BCUT2D eigenvalue weighted by Gasteiger charge is -2.25. The van der Waals surface area contributed by atoms with E-state index in [9.17, 15) is 29.2 Å². The van der Waals surface area contributed by atoms with Crippen molar-refractivity contribution in [3.8, 4) is 11.8 Å². The van der Waals surface area contributed by atoms with Crippen molar-refractivity contribution < 1.29 is 33.4 Å². The highest BCUT2D eigenvalue weighted by Crippen LogP contribution is 2.26. The van der Waals surface area contributed by atoms with Crippen LogP contribution in [0.25, 0.3) is 10.9 Å². The molecule has 3 aromatic rings. The first-order valence-electron chi connectivity index (χ1n) is 15.6. The second kappa shape index (κ2) is 15.4. The number of aromatic amines is 1. The lowest BCUT2D eigenvalue weighted by molar-refractivity contribution is -0.148. The molecule has 1 saturated heterocycles. The van der Waals surface area contributed by atoms with Gasteiger partial charge in [-0.2, -0.15) is 5.26 Å². The Labute approximate surface area is 273 Å². The van der Waals surface area contributed by atoms with Crippen LogP contribution in [-0.2, 0) is 30.3 Å². The highest BCUT2D eigenvalue weighted by atomic mass is 16.5. The summed E-state index contributed by atoms with van der Waals surface area (Å²) in [6.45, 7) is 7.25. The summed E-state index contributed by atoms with van der Waals surface area (Å²) in [7, 11) is 1.54. The molecule has 4 rings (SSSR count). The summed E-state index contributed by atoms with van der Waals surface area (Å²) in [6.07, 6.45) is 0.697. The zero-order valence-corrected chi connectivity index (χ0v) is 27.3. The smallest absolute Gasteiger partial charge is 0.310 e. The van der Waals surface area contributed by atoms with Crippen molar-refractivity contribution in [1.82, 2.24) is 20.9 Å². The number of amides is 3. The minimum Gasteiger partial charge on any atom is -0.496 e. The van der Waals surface area contributed by atoms with Gasteiger partial charge < -0.3 is 30.4 Å². The highest BCUT2D eigenvalue weighted by Gasteiger charge is 2.34. The Morgan fingerprint density at radius 3 is 2.40 bits per heavy atom. The fraction of sp³-hybridized carbons (Fsp3) is 0.429. The molecule has 3 atom stereocenters. The Balaban J connectivity index is 1.47. The number of fused-ring (bicyclic) bond motifs is 1. The number of ether oxygens (including phenoxy) is 2. The highest BCUT2D eigenvalue weighted by molar-refractivity contribution is 6.02. The Morgan fingerprint density at radius 1 is 1.06 bits per heavy atom. The molecule has 4 N–H and O–H groups in total. The molecule has 1 aliphatic heterocycles. The van der Waals surface area contributed by atoms with E-state index in [4.69, 9.17) is 9.47 Å². The zero-order chi connectivity index (χ0) is 34.2. The third-order valence-corrected chi connectivity index (χ3v) is 8.33. The normalized spacial score (nSPS) is 15.4. The molecule has 2 heterocycles. The molecule has 47 heavy (non-hydrogen) atoms. The maximum Gasteiger partial charge on any atom is 0.310 e. The van der Waals surface area contributed by atoms with Crippen LogP contribution in [-0.4, -0.2) is 66.8 Å². The number of nitrogens with zero attached hydrogens (tertiary/aromatic N) is 1. The van der Waals surface area contributed by atoms with Crippen molar-refractivity contribution in [2.45, 2.75) is 65.5 Å². The number of hydrogen-bond donors (Lipinski definition) is 4. The molecule has 0 spiro atoms. The SMILES string of the molecule is COc1cccc2[nH]c(C(=O)N[C@@H](CC(C)C)C(=O)N[C@@H](C[C@@H]3CCNC3=O)C(=O)COC(=O)Cc3c(C)cc(C#N)cc3C)cc12. The second-order valence-corrected chi connectivity index (χ2v) is 12.3. The van der Waals surface area contributed by atoms with E-state index >= 15 is 0 Å². The lowest BCUT2D eigenvalue weighted by Crippen LogP contribution is -2.53. The fourth-order valence-corrected chi connectivity index (χ4v) is 5.85. The van der Waals surface area contributed by atoms with Gasteiger partial charge in [0.2, 0.25) is 11.8 Å². The monoisotopic (exact) mass is 643 g/mol. The van der Waals surface area contributed by atoms with E-state index in [1.165, 1.54) is 7.11 Å². The van der Waals surface area contributed by atoms with Crippen LogP contribution in [0.1, 0.15) is 65.9 Å². The first-order valence-corrected chi connectivity index (χ1v) is 15.6. The van der Waals surface area contributed by atoms with Gasteiger partial charge in [-0.15, -0.1) is 0 Å². The van der Waals surface area contributed by atoms with Crippen LogP contribution in [0.15, 0.2) is 36.4 Å². The number of carbonyl (C=O) groups excluding carboxylic acids is 5. The number of nitriles is 1. The standard InChI is InChI=1S/C35H41N5O7/c1-19(2)11-28(40-35(45)29-15-25-26(38-29)7-6-8-31(25)46-5)34(44)39-27(14-23-9-10-37-33(23)43)30(41)18-47-32(42)16-24-20(3)12-22(17-36)13-21(24)4/h6-8,12-13,15,19,23,27-28,38H,9-11,14,16,18H2,1-5H3,(H,37,43)(H,39,44)(H,40,45)/t23-,27-,28-/m0/s1. The Hall–Kier alpha value is -5.18. The van der Waals surface area contributed by atoms with Gasteiger partial charge in [0.25, 0.3) is 5.91 Å². The maximum absolute atomic E-state index is 13.7. The summed E-state index contributed by atoms with van der Waals surface area (Å²) in [5, 5.41) is 18.2. The van der Waals surface area contributed by atoms with E-state index in [1.54, 1.807) is 44.2 Å². The van der Waals surface area contributed by atoms with E-state index in [2.05, 4.69) is 27.0 Å². The molecule has 0 unspecified atom stereocenters. The summed E-state index contributed by atoms with van der Waals surface area (Å²) in [4.78, 5) is 68.6. The number of H-pyrrole nitrogens is 1. The van der Waals surface area contributed by atoms with Crippen molar-refractivity contribution in [2.75, 3.05) is 20.3 Å². The zero-order valence-electron chi connectivity index (χ0n) is 27.3. The molecule has 0 bridgehead atoms. The van der Waals surface area contributed by atoms with Gasteiger partial charge in [0.05, 0.1) is 31.2 Å². The summed E-state index contributed by atoms with van der Waals surface area (Å²) >= 11 is 0. The van der Waals surface area contributed by atoms with Gasteiger partial charge in [0, 0.05) is 23.4 Å². The minimum atomic E-state index is -1.13. The van der Waals surface area contributed by atoms with E-state index in [0.717, 1.165) is 11.1 Å². The number of nitrogens with one attached hydrogen (secondary N) is 4. The third kappa shape index (κ3) is 8.76. The van der Waals surface area contributed by atoms with Crippen molar-refractivity contribution in [3.63, 3.8) is 0 Å². The minimum absolute atomic E-state index is 0.0127. The van der Waals surface area contributed by atoms with Crippen LogP contribution in [0.3, 0.4) is 0 Å². The average Bonchev–Trinajstić information content (AvgIpc) is 3.66. The summed E-state index contributed by atoms with van der Waals surface area (Å²) in [5.41, 5.74) is 3.63. The van der Waals surface area contributed by atoms with E-state index in [-0.39, 0.29) is 36.8 Å². The van der Waals surface area contributed by atoms with Gasteiger partial charge in [-0.3, -0.25) is 24.0 Å². The molecule has 1 aliphatic rings. The summed E-state index contributed by atoms with van der Waals surface area (Å²) < 4.78 is 10.7. The van der Waals surface area contributed by atoms with Crippen molar-refractivity contribution >= 4 is 40.4 Å². The molecule has 2 aromatic carbocycles. The number of aryl methyl sites for hydroxylation is 2. The maximum atomic E-state index is 13.7. The number of ketones is 1. The van der Waals surface area contributed by atoms with Gasteiger partial charge in [-0.05, 0) is 86.1 Å². The van der Waals surface area contributed by atoms with Gasteiger partial charge >= 0.3 is 5.97 Å². The number of Topliss-reactive ketones (excluding diaryl/α,β-unsaturated/α-hetero) is 1. The molecule has 1 aromatic heterocycles. The number of methoxy groups -OCH3 is 1. The second-order valence-electron chi connectivity index (χ2n) is 12.3. The molecule has 0 saturated carbocycles. The summed E-state index contributed by atoms with van der Waals surface area (Å²) in [6, 6.07) is 10.3. The molecule has 3 amide bonds. The molecular weight excluding hydrogens is 602 g/mol. The predicted octanol–water partition coefficient (Wildman–Crippen LogP) is 3.18. The fourth-order valence-electron chi connectivity index (χ4n) is 5.85. The van der Waals surface area contributed by atoms with Crippen LogP contribution in [0.2, 0.25) is 0 Å². The van der Waals surface area contributed by atoms with Crippen molar-refractivity contribution in [2.24, 2.45) is 11.8 Å². The third-order valence-electron chi connectivity index (χ3n) is 8.33. The van der Waals surface area contributed by atoms with Gasteiger partial charge in [-0.1, -0.05) is 19.9 Å². The molecule has 0 radical (unpaired) electrons. The molecule has 1 fully saturated rings.